The number of ketones is 1. The number of para-hydroxylation sites is 2. The minimum atomic E-state index is -0.491. The Balaban J connectivity index is 1.34. The van der Waals surface area contributed by atoms with Crippen LogP contribution in [0.15, 0.2) is 48.5 Å². The number of benzene rings is 2. The Morgan fingerprint density at radius 3 is 2.81 bits per heavy atom. The lowest BCUT2D eigenvalue weighted by Crippen LogP contribution is -2.40. The zero-order chi connectivity index (χ0) is 19.0. The van der Waals surface area contributed by atoms with Gasteiger partial charge >= 0.3 is 0 Å². The van der Waals surface area contributed by atoms with Crippen molar-refractivity contribution in [3.63, 3.8) is 0 Å². The van der Waals surface area contributed by atoms with Crippen LogP contribution in [0.25, 0.3) is 11.0 Å². The summed E-state index contributed by atoms with van der Waals surface area (Å²) in [5, 5.41) is 2.88. The maximum absolute atomic E-state index is 12.5. The van der Waals surface area contributed by atoms with Gasteiger partial charge in [0.2, 0.25) is 5.91 Å². The number of hydrogen-bond donors (Lipinski definition) is 2. The number of hydrogen-bond acceptors (Lipinski definition) is 3. The quantitative estimate of drug-likeness (QED) is 0.707. The Hall–Kier alpha value is -2.95. The van der Waals surface area contributed by atoms with E-state index in [0.717, 1.165) is 34.4 Å². The second-order valence-electron chi connectivity index (χ2n) is 7.45. The van der Waals surface area contributed by atoms with E-state index in [4.69, 9.17) is 0 Å². The van der Waals surface area contributed by atoms with Gasteiger partial charge in [-0.3, -0.25) is 9.59 Å². The van der Waals surface area contributed by atoms with Crippen LogP contribution in [0.3, 0.4) is 0 Å². The van der Waals surface area contributed by atoms with Gasteiger partial charge in [0, 0.05) is 18.3 Å². The molecule has 0 saturated heterocycles. The second kappa shape index (κ2) is 6.99. The number of rotatable bonds is 6. The standard InChI is InChI=1S/C22H23N3O2/c1-13-6-5-7-15(10-13)11-20(26)14(2)23-22(27)17-12-16(17)21-24-18-8-3-4-9-19(18)25-21/h3-10,14,16-17H,11-12H2,1-2H3,(H,23,27)(H,24,25). The molecule has 3 unspecified atom stereocenters. The lowest BCUT2D eigenvalue weighted by molar-refractivity contribution is -0.128. The molecule has 0 radical (unpaired) electrons. The second-order valence-corrected chi connectivity index (χ2v) is 7.45. The highest BCUT2D eigenvalue weighted by Crippen LogP contribution is 2.46. The maximum Gasteiger partial charge on any atom is 0.224 e. The fourth-order valence-electron chi connectivity index (χ4n) is 3.51. The van der Waals surface area contributed by atoms with Gasteiger partial charge in [-0.05, 0) is 38.0 Å². The Morgan fingerprint density at radius 1 is 1.22 bits per heavy atom. The predicted octanol–water partition coefficient (Wildman–Crippen LogP) is 3.29. The highest BCUT2D eigenvalue weighted by Gasteiger charge is 2.46. The SMILES string of the molecule is Cc1cccc(CC(=O)C(C)NC(=O)C2CC2c2nc3ccccc3[nH]2)c1. The first-order chi connectivity index (χ1) is 13.0. The summed E-state index contributed by atoms with van der Waals surface area (Å²) in [7, 11) is 0. The number of carbonyl (C=O) groups is 2. The largest absolute Gasteiger partial charge is 0.346 e. The number of aromatic amines is 1. The van der Waals surface area contributed by atoms with Crippen LogP contribution >= 0.6 is 0 Å². The molecule has 4 rings (SSSR count). The number of imidazole rings is 1. The van der Waals surface area contributed by atoms with E-state index in [1.165, 1.54) is 0 Å². The molecule has 5 heteroatoms. The van der Waals surface area contributed by atoms with E-state index in [1.54, 1.807) is 6.92 Å². The molecule has 1 aromatic heterocycles. The number of aryl methyl sites for hydroxylation is 1. The molecule has 1 saturated carbocycles. The first kappa shape index (κ1) is 17.5. The number of nitrogens with zero attached hydrogens (tertiary/aromatic N) is 1. The molecule has 3 aromatic rings. The number of carbonyl (C=O) groups excluding carboxylic acids is 2. The molecule has 1 fully saturated rings. The fraction of sp³-hybridized carbons (Fsp3) is 0.318. The Bertz CT molecular complexity index is 974. The number of amides is 1. The Kier molecular flexibility index (Phi) is 4.52. The molecule has 0 aliphatic heterocycles. The summed E-state index contributed by atoms with van der Waals surface area (Å²) in [6.07, 6.45) is 1.10. The van der Waals surface area contributed by atoms with Gasteiger partial charge in [-0.25, -0.2) is 4.98 Å². The van der Waals surface area contributed by atoms with Crippen molar-refractivity contribution in [2.45, 2.75) is 38.6 Å². The third-order valence-electron chi connectivity index (χ3n) is 5.19. The number of aromatic nitrogens is 2. The van der Waals surface area contributed by atoms with E-state index >= 15 is 0 Å². The monoisotopic (exact) mass is 361 g/mol. The smallest absolute Gasteiger partial charge is 0.224 e. The summed E-state index contributed by atoms with van der Waals surface area (Å²) >= 11 is 0. The van der Waals surface area contributed by atoms with Gasteiger partial charge in [-0.2, -0.15) is 0 Å². The summed E-state index contributed by atoms with van der Waals surface area (Å²) in [6.45, 7) is 3.76. The molecule has 1 aliphatic rings. The molecule has 0 spiro atoms. The number of H-pyrrole nitrogens is 1. The fourth-order valence-corrected chi connectivity index (χ4v) is 3.51. The van der Waals surface area contributed by atoms with Crippen LogP contribution in [0.5, 0.6) is 0 Å². The third kappa shape index (κ3) is 3.77. The zero-order valence-corrected chi connectivity index (χ0v) is 15.5. The van der Waals surface area contributed by atoms with Crippen molar-refractivity contribution in [3.05, 3.63) is 65.5 Å². The molecule has 3 atom stereocenters. The normalized spacial score (nSPS) is 19.6. The maximum atomic E-state index is 12.5. The molecule has 1 amide bonds. The minimum absolute atomic E-state index is 0.0230. The first-order valence-corrected chi connectivity index (χ1v) is 9.34. The predicted molar refractivity (Wildman–Crippen MR) is 104 cm³/mol. The third-order valence-corrected chi connectivity index (χ3v) is 5.19. The molecular formula is C22H23N3O2. The molecule has 0 bridgehead atoms. The summed E-state index contributed by atoms with van der Waals surface area (Å²) in [5.41, 5.74) is 4.01. The van der Waals surface area contributed by atoms with Crippen LogP contribution in [-0.2, 0) is 16.0 Å². The summed E-state index contributed by atoms with van der Waals surface area (Å²) < 4.78 is 0. The van der Waals surface area contributed by atoms with Crippen molar-refractivity contribution in [2.24, 2.45) is 5.92 Å². The summed E-state index contributed by atoms with van der Waals surface area (Å²) in [4.78, 5) is 32.8. The van der Waals surface area contributed by atoms with Crippen molar-refractivity contribution < 1.29 is 9.59 Å². The van der Waals surface area contributed by atoms with E-state index in [2.05, 4.69) is 15.3 Å². The van der Waals surface area contributed by atoms with Gasteiger partial charge in [-0.15, -0.1) is 0 Å². The van der Waals surface area contributed by atoms with Crippen molar-refractivity contribution in [1.29, 1.82) is 0 Å². The minimum Gasteiger partial charge on any atom is -0.346 e. The van der Waals surface area contributed by atoms with Crippen LogP contribution in [-0.4, -0.2) is 27.7 Å². The van der Waals surface area contributed by atoms with E-state index in [9.17, 15) is 9.59 Å². The van der Waals surface area contributed by atoms with Crippen LogP contribution in [0.2, 0.25) is 0 Å². The average Bonchev–Trinajstić information content (AvgIpc) is 3.33. The molecular weight excluding hydrogens is 338 g/mol. The van der Waals surface area contributed by atoms with Crippen molar-refractivity contribution in [1.82, 2.24) is 15.3 Å². The summed E-state index contributed by atoms with van der Waals surface area (Å²) in [5.74, 6) is 0.812. The van der Waals surface area contributed by atoms with E-state index < -0.39 is 6.04 Å². The zero-order valence-electron chi connectivity index (χ0n) is 15.5. The molecule has 138 valence electrons. The molecule has 1 aliphatic carbocycles. The van der Waals surface area contributed by atoms with Gasteiger partial charge in [0.05, 0.1) is 17.1 Å². The molecule has 27 heavy (non-hydrogen) atoms. The van der Waals surface area contributed by atoms with Crippen molar-refractivity contribution in [3.8, 4) is 0 Å². The number of Topliss-reactive ketones (excluding diaryl/α,β-unsaturated/α-hetero) is 1. The van der Waals surface area contributed by atoms with Crippen LogP contribution < -0.4 is 5.32 Å². The van der Waals surface area contributed by atoms with Crippen molar-refractivity contribution >= 4 is 22.7 Å². The molecule has 2 aromatic carbocycles. The van der Waals surface area contributed by atoms with E-state index in [-0.39, 0.29) is 23.5 Å². The van der Waals surface area contributed by atoms with Crippen LogP contribution in [0.1, 0.15) is 36.2 Å². The van der Waals surface area contributed by atoms with E-state index in [1.807, 2.05) is 55.5 Å². The lowest BCUT2D eigenvalue weighted by Gasteiger charge is -2.13. The number of nitrogens with one attached hydrogen (secondary N) is 2. The topological polar surface area (TPSA) is 74.8 Å². The van der Waals surface area contributed by atoms with Crippen LogP contribution in [0, 0.1) is 12.8 Å². The van der Waals surface area contributed by atoms with Crippen LogP contribution in [0.4, 0.5) is 0 Å². The van der Waals surface area contributed by atoms with Gasteiger partial charge in [0.1, 0.15) is 5.82 Å². The van der Waals surface area contributed by atoms with Gasteiger partial charge in [0.25, 0.3) is 0 Å². The van der Waals surface area contributed by atoms with Crippen molar-refractivity contribution in [2.75, 3.05) is 0 Å². The van der Waals surface area contributed by atoms with E-state index in [0.29, 0.717) is 6.42 Å². The average molecular weight is 361 g/mol. The van der Waals surface area contributed by atoms with Gasteiger partial charge in [-0.1, -0.05) is 42.0 Å². The highest BCUT2D eigenvalue weighted by atomic mass is 16.2. The van der Waals surface area contributed by atoms with Gasteiger partial charge in [0.15, 0.2) is 5.78 Å². The molecule has 2 N–H and O–H groups in total. The van der Waals surface area contributed by atoms with Gasteiger partial charge < -0.3 is 10.3 Å². The number of fused-ring (bicyclic) bond motifs is 1. The molecule has 5 nitrogen and oxygen atoms in total. The highest BCUT2D eigenvalue weighted by molar-refractivity contribution is 5.92. The first-order valence-electron chi connectivity index (χ1n) is 9.34. The Morgan fingerprint density at radius 2 is 2.04 bits per heavy atom. The Labute approximate surface area is 158 Å². The lowest BCUT2D eigenvalue weighted by atomic mass is 10.0. The molecule has 1 heterocycles. The summed E-state index contributed by atoms with van der Waals surface area (Å²) in [6, 6.07) is 15.3.